The molecule has 0 N–H and O–H groups in total. The minimum atomic E-state index is -3.48. The number of hydrogen-bond donors (Lipinski definition) is 0. The maximum Gasteiger partial charge on any atom is 0.335 e. The molecule has 0 aliphatic heterocycles. The molecule has 0 atom stereocenters. The van der Waals surface area contributed by atoms with E-state index >= 15 is 0 Å². The van der Waals surface area contributed by atoms with Gasteiger partial charge in [0.1, 0.15) is 0 Å². The van der Waals surface area contributed by atoms with Crippen molar-refractivity contribution in [3.63, 3.8) is 0 Å². The van der Waals surface area contributed by atoms with E-state index in [-0.39, 0.29) is 35.7 Å². The maximum absolute atomic E-state index is 14.2. The molecule has 8 heteroatoms. The van der Waals surface area contributed by atoms with E-state index < -0.39 is 16.0 Å². The molecule has 3 aromatic rings. The molecular formula is C36H50O6P2. The highest BCUT2D eigenvalue weighted by atomic mass is 31.2. The van der Waals surface area contributed by atoms with Gasteiger partial charge in [-0.25, -0.2) is 0 Å². The third kappa shape index (κ3) is 9.19. The first kappa shape index (κ1) is 36.3. The Morgan fingerprint density at radius 3 is 1.48 bits per heavy atom. The van der Waals surface area contributed by atoms with Crippen molar-refractivity contribution in [3.05, 3.63) is 82.9 Å². The van der Waals surface area contributed by atoms with E-state index in [0.29, 0.717) is 18.8 Å². The van der Waals surface area contributed by atoms with Crippen molar-refractivity contribution < 1.29 is 27.5 Å². The first-order valence-electron chi connectivity index (χ1n) is 15.5. The molecule has 0 spiro atoms. The van der Waals surface area contributed by atoms with E-state index in [9.17, 15) is 9.36 Å². The van der Waals surface area contributed by atoms with Gasteiger partial charge in [-0.15, -0.1) is 0 Å². The van der Waals surface area contributed by atoms with Gasteiger partial charge >= 0.3 is 7.60 Å². The lowest BCUT2D eigenvalue weighted by Gasteiger charge is -2.24. The van der Waals surface area contributed by atoms with Crippen LogP contribution in [0, 0.1) is 0 Å². The zero-order valence-electron chi connectivity index (χ0n) is 28.2. The van der Waals surface area contributed by atoms with Crippen LogP contribution < -0.4 is 0 Å². The Bertz CT molecular complexity index is 1420. The van der Waals surface area contributed by atoms with Crippen LogP contribution in [-0.4, -0.2) is 32.0 Å². The Morgan fingerprint density at radius 2 is 1.09 bits per heavy atom. The zero-order valence-corrected chi connectivity index (χ0v) is 29.9. The molecule has 0 saturated carbocycles. The summed E-state index contributed by atoms with van der Waals surface area (Å²) in [4.78, 5) is 14.2. The Morgan fingerprint density at radius 1 is 0.659 bits per heavy atom. The highest BCUT2D eigenvalue weighted by Crippen LogP contribution is 2.54. The van der Waals surface area contributed by atoms with E-state index in [0.717, 1.165) is 27.8 Å². The minimum Gasteiger partial charge on any atom is -0.329 e. The van der Waals surface area contributed by atoms with Gasteiger partial charge in [0.05, 0.1) is 32.6 Å². The lowest BCUT2D eigenvalue weighted by atomic mass is 9.84. The standard InChI is InChI=1S/C36H50O6P2/c1-11-39-43(40-12-2)34(37)33-24-31(26-15-19-29(20-16-26)35(5,6)7)28(25-44(38,41-13-3)42-14-4)23-32(33)27-17-21-30(22-18-27)36(8,9)10/h15-24H,11-14,25H2,1-10H3. The van der Waals surface area contributed by atoms with Gasteiger partial charge in [0.2, 0.25) is 13.9 Å². The van der Waals surface area contributed by atoms with Gasteiger partial charge in [-0.1, -0.05) is 90.1 Å². The molecule has 6 nitrogen and oxygen atoms in total. The molecule has 0 amide bonds. The first-order chi connectivity index (χ1) is 20.7. The van der Waals surface area contributed by atoms with Crippen LogP contribution in [0.1, 0.15) is 96.3 Å². The molecule has 0 radical (unpaired) electrons. The molecule has 0 aliphatic rings. The zero-order chi connectivity index (χ0) is 32.7. The smallest absolute Gasteiger partial charge is 0.329 e. The van der Waals surface area contributed by atoms with E-state index in [4.69, 9.17) is 18.1 Å². The predicted molar refractivity (Wildman–Crippen MR) is 184 cm³/mol. The highest BCUT2D eigenvalue weighted by molar-refractivity contribution is 7.67. The maximum atomic E-state index is 14.2. The summed E-state index contributed by atoms with van der Waals surface area (Å²) >= 11 is 0. The van der Waals surface area contributed by atoms with Crippen LogP contribution in [0.15, 0.2) is 60.7 Å². The quantitative estimate of drug-likeness (QED) is 0.163. The summed E-state index contributed by atoms with van der Waals surface area (Å²) < 4.78 is 37.0. The molecule has 3 aromatic carbocycles. The topological polar surface area (TPSA) is 71.1 Å². The third-order valence-electron chi connectivity index (χ3n) is 7.27. The van der Waals surface area contributed by atoms with Crippen LogP contribution in [0.4, 0.5) is 0 Å². The largest absolute Gasteiger partial charge is 0.335 e. The molecule has 0 fully saturated rings. The van der Waals surface area contributed by atoms with Crippen LogP contribution >= 0.6 is 16.0 Å². The van der Waals surface area contributed by atoms with Crippen molar-refractivity contribution in [3.8, 4) is 22.3 Å². The first-order valence-corrected chi connectivity index (χ1v) is 18.4. The van der Waals surface area contributed by atoms with Gasteiger partial charge < -0.3 is 18.1 Å². The Balaban J connectivity index is 2.36. The van der Waals surface area contributed by atoms with Crippen molar-refractivity contribution in [2.45, 2.75) is 86.2 Å². The molecule has 0 bridgehead atoms. The van der Waals surface area contributed by atoms with Crippen molar-refractivity contribution in [2.75, 3.05) is 26.4 Å². The van der Waals surface area contributed by atoms with Crippen molar-refractivity contribution in [2.24, 2.45) is 0 Å². The molecule has 0 saturated heterocycles. The second-order valence-corrected chi connectivity index (χ2v) is 16.2. The van der Waals surface area contributed by atoms with Crippen LogP contribution in [0.5, 0.6) is 0 Å². The Kier molecular flexibility index (Phi) is 12.7. The summed E-state index contributed by atoms with van der Waals surface area (Å²) in [5, 5.41) is 0. The Labute approximate surface area is 266 Å². The molecule has 44 heavy (non-hydrogen) atoms. The predicted octanol–water partition coefficient (Wildman–Crippen LogP) is 10.9. The van der Waals surface area contributed by atoms with Crippen LogP contribution in [0.25, 0.3) is 22.3 Å². The van der Waals surface area contributed by atoms with Crippen LogP contribution in [0.2, 0.25) is 0 Å². The number of carbonyl (C=O) groups is 1. The monoisotopic (exact) mass is 640 g/mol. The number of rotatable bonds is 14. The SMILES string of the molecule is CCOP(OCC)C(=O)c1cc(-c2ccc(C(C)(C)C)cc2)c(CP(=O)(OCC)OCC)cc1-c1ccc(C(C)(C)C)cc1. The van der Waals surface area contributed by atoms with Gasteiger partial charge in [0, 0.05) is 5.56 Å². The van der Waals surface area contributed by atoms with Gasteiger partial charge in [-0.05, 0) is 89.6 Å². The van der Waals surface area contributed by atoms with Crippen molar-refractivity contribution in [1.29, 1.82) is 0 Å². The van der Waals surface area contributed by atoms with Crippen molar-refractivity contribution >= 4 is 21.5 Å². The summed E-state index contributed by atoms with van der Waals surface area (Å²) in [7, 11) is -5.30. The molecule has 0 aliphatic carbocycles. The Hall–Kier alpha value is -2.17. The van der Waals surface area contributed by atoms with Gasteiger partial charge in [-0.2, -0.15) is 0 Å². The fourth-order valence-electron chi connectivity index (χ4n) is 4.98. The molecule has 0 unspecified atom stereocenters. The molecular weight excluding hydrogens is 590 g/mol. The second-order valence-electron chi connectivity index (χ2n) is 12.7. The van der Waals surface area contributed by atoms with Crippen molar-refractivity contribution in [1.82, 2.24) is 0 Å². The molecule has 0 heterocycles. The lowest BCUT2D eigenvalue weighted by molar-refractivity contribution is 0.104. The average molecular weight is 641 g/mol. The van der Waals surface area contributed by atoms with Crippen LogP contribution in [-0.2, 0) is 39.7 Å². The molecule has 0 aromatic heterocycles. The van der Waals surface area contributed by atoms with Gasteiger partial charge in [0.15, 0.2) is 0 Å². The van der Waals surface area contributed by atoms with E-state index in [1.807, 2.05) is 52.0 Å². The van der Waals surface area contributed by atoms with E-state index in [2.05, 4.69) is 77.9 Å². The third-order valence-corrected chi connectivity index (χ3v) is 10.9. The highest BCUT2D eigenvalue weighted by Gasteiger charge is 2.31. The van der Waals surface area contributed by atoms with E-state index in [1.54, 1.807) is 0 Å². The second kappa shape index (κ2) is 15.4. The lowest BCUT2D eigenvalue weighted by Crippen LogP contribution is -2.11. The fraction of sp³-hybridized carbons (Fsp3) is 0.472. The normalized spacial score (nSPS) is 12.6. The molecule has 240 valence electrons. The van der Waals surface area contributed by atoms with Gasteiger partial charge in [0.25, 0.3) is 0 Å². The van der Waals surface area contributed by atoms with Crippen LogP contribution in [0.3, 0.4) is 0 Å². The summed E-state index contributed by atoms with van der Waals surface area (Å²) in [6.45, 7) is 21.6. The summed E-state index contributed by atoms with van der Waals surface area (Å²) in [6.07, 6.45) is 0.0677. The van der Waals surface area contributed by atoms with Gasteiger partial charge in [-0.3, -0.25) is 9.36 Å². The minimum absolute atomic E-state index is 0.0178. The number of benzene rings is 3. The summed E-state index contributed by atoms with van der Waals surface area (Å²) in [5.74, 6) is 0. The number of hydrogen-bond acceptors (Lipinski definition) is 6. The summed E-state index contributed by atoms with van der Waals surface area (Å²) in [6, 6.07) is 20.5. The number of carbonyl (C=O) groups excluding carboxylic acids is 1. The average Bonchev–Trinajstić information content (AvgIpc) is 2.96. The molecule has 3 rings (SSSR count). The summed E-state index contributed by atoms with van der Waals surface area (Å²) in [5.41, 5.74) is 6.74. The van der Waals surface area contributed by atoms with E-state index in [1.165, 1.54) is 11.1 Å². The fourth-order valence-corrected chi connectivity index (χ4v) is 7.86.